The summed E-state index contributed by atoms with van der Waals surface area (Å²) in [4.78, 5) is 21.8. The molecule has 0 aromatic carbocycles. The number of aliphatic hydroxyl groups is 1. The van der Waals surface area contributed by atoms with Crippen molar-refractivity contribution in [2.24, 2.45) is 17.8 Å². The molecule has 0 aromatic rings. The van der Waals surface area contributed by atoms with Crippen LogP contribution in [0.5, 0.6) is 0 Å². The summed E-state index contributed by atoms with van der Waals surface area (Å²) in [5.74, 6) is -0.269. The molecule has 0 radical (unpaired) electrons. The van der Waals surface area contributed by atoms with E-state index in [1.807, 2.05) is 0 Å². The molecule has 2 unspecified atom stereocenters. The zero-order valence-electron chi connectivity index (χ0n) is 8.35. The van der Waals surface area contributed by atoms with Crippen LogP contribution in [-0.4, -0.2) is 34.7 Å². The van der Waals surface area contributed by atoms with E-state index in [4.69, 9.17) is 10.2 Å². The SMILES string of the molecule is O=C(NC[C@H](O)C(=O)O)C1C2CCCC21. The van der Waals surface area contributed by atoms with Crippen molar-refractivity contribution >= 4 is 11.9 Å². The first-order valence-electron chi connectivity index (χ1n) is 5.30. The lowest BCUT2D eigenvalue weighted by Gasteiger charge is -2.08. The molecule has 2 saturated carbocycles. The van der Waals surface area contributed by atoms with Crippen LogP contribution in [-0.2, 0) is 9.59 Å². The monoisotopic (exact) mass is 213 g/mol. The maximum Gasteiger partial charge on any atom is 0.334 e. The van der Waals surface area contributed by atoms with Gasteiger partial charge in [-0.3, -0.25) is 4.79 Å². The maximum atomic E-state index is 11.5. The number of fused-ring (bicyclic) bond motifs is 1. The highest BCUT2D eigenvalue weighted by Crippen LogP contribution is 2.57. The summed E-state index contributed by atoms with van der Waals surface area (Å²) in [7, 11) is 0. The highest BCUT2D eigenvalue weighted by atomic mass is 16.4. The van der Waals surface area contributed by atoms with Crippen molar-refractivity contribution in [2.75, 3.05) is 6.54 Å². The Kier molecular flexibility index (Phi) is 2.65. The number of carboxylic acid groups (broad SMARTS) is 1. The second-order valence-electron chi connectivity index (χ2n) is 4.38. The first-order valence-corrected chi connectivity index (χ1v) is 5.30. The Morgan fingerprint density at radius 3 is 2.47 bits per heavy atom. The van der Waals surface area contributed by atoms with Crippen LogP contribution in [0.4, 0.5) is 0 Å². The van der Waals surface area contributed by atoms with Gasteiger partial charge in [-0.2, -0.15) is 0 Å². The summed E-state index contributed by atoms with van der Waals surface area (Å²) in [6.45, 7) is -0.190. The van der Waals surface area contributed by atoms with E-state index in [0.29, 0.717) is 11.8 Å². The number of rotatable bonds is 4. The molecule has 2 fully saturated rings. The van der Waals surface area contributed by atoms with E-state index in [-0.39, 0.29) is 18.4 Å². The van der Waals surface area contributed by atoms with Gasteiger partial charge in [0.1, 0.15) is 0 Å². The van der Waals surface area contributed by atoms with Gasteiger partial charge in [-0.25, -0.2) is 4.79 Å². The predicted molar refractivity (Wildman–Crippen MR) is 51.0 cm³/mol. The fraction of sp³-hybridized carbons (Fsp3) is 0.800. The van der Waals surface area contributed by atoms with Gasteiger partial charge in [0, 0.05) is 5.92 Å². The van der Waals surface area contributed by atoms with Crippen molar-refractivity contribution in [3.63, 3.8) is 0 Å². The number of aliphatic carboxylic acids is 1. The molecule has 0 heterocycles. The lowest BCUT2D eigenvalue weighted by Crippen LogP contribution is -2.37. The molecular weight excluding hydrogens is 198 g/mol. The van der Waals surface area contributed by atoms with E-state index >= 15 is 0 Å². The van der Waals surface area contributed by atoms with Crippen LogP contribution >= 0.6 is 0 Å². The van der Waals surface area contributed by atoms with Crippen molar-refractivity contribution in [2.45, 2.75) is 25.4 Å². The van der Waals surface area contributed by atoms with Gasteiger partial charge in [-0.15, -0.1) is 0 Å². The zero-order valence-corrected chi connectivity index (χ0v) is 8.35. The van der Waals surface area contributed by atoms with Gasteiger partial charge in [0.25, 0.3) is 0 Å². The lowest BCUT2D eigenvalue weighted by molar-refractivity contribution is -0.146. The Balaban J connectivity index is 1.72. The Hall–Kier alpha value is -1.10. The number of hydrogen-bond acceptors (Lipinski definition) is 3. The fourth-order valence-corrected chi connectivity index (χ4v) is 2.61. The van der Waals surface area contributed by atoms with Gasteiger partial charge in [0.05, 0.1) is 6.54 Å². The average Bonchev–Trinajstić information content (AvgIpc) is 2.68. The van der Waals surface area contributed by atoms with E-state index in [1.54, 1.807) is 0 Å². The zero-order chi connectivity index (χ0) is 11.0. The molecule has 15 heavy (non-hydrogen) atoms. The van der Waals surface area contributed by atoms with Crippen molar-refractivity contribution in [3.05, 3.63) is 0 Å². The quantitative estimate of drug-likeness (QED) is 0.592. The van der Waals surface area contributed by atoms with Crippen LogP contribution in [0.2, 0.25) is 0 Å². The number of nitrogens with one attached hydrogen (secondary N) is 1. The molecule has 5 heteroatoms. The minimum Gasteiger partial charge on any atom is -0.479 e. The molecular formula is C10H15NO4. The van der Waals surface area contributed by atoms with Crippen molar-refractivity contribution in [1.82, 2.24) is 5.32 Å². The summed E-state index contributed by atoms with van der Waals surface area (Å²) in [6.07, 6.45) is 1.94. The van der Waals surface area contributed by atoms with Gasteiger partial charge in [-0.1, -0.05) is 6.42 Å². The highest BCUT2D eigenvalue weighted by molar-refractivity contribution is 5.83. The number of carbonyl (C=O) groups excluding carboxylic acids is 1. The highest BCUT2D eigenvalue weighted by Gasteiger charge is 2.56. The van der Waals surface area contributed by atoms with Crippen LogP contribution in [0.3, 0.4) is 0 Å². The third-order valence-electron chi connectivity index (χ3n) is 3.46. The van der Waals surface area contributed by atoms with E-state index in [1.165, 1.54) is 6.42 Å². The molecule has 0 bridgehead atoms. The van der Waals surface area contributed by atoms with Crippen LogP contribution in [0.25, 0.3) is 0 Å². The van der Waals surface area contributed by atoms with E-state index in [9.17, 15) is 9.59 Å². The number of carboxylic acids is 1. The molecule has 1 amide bonds. The van der Waals surface area contributed by atoms with Crippen LogP contribution in [0, 0.1) is 17.8 Å². The normalized spacial score (nSPS) is 34.3. The third-order valence-corrected chi connectivity index (χ3v) is 3.46. The number of amides is 1. The molecule has 0 spiro atoms. The summed E-state index contributed by atoms with van der Waals surface area (Å²) in [5.41, 5.74) is 0. The number of aliphatic hydroxyl groups excluding tert-OH is 1. The predicted octanol–water partition coefficient (Wildman–Crippen LogP) is -0.406. The average molecular weight is 213 g/mol. The second-order valence-corrected chi connectivity index (χ2v) is 4.38. The van der Waals surface area contributed by atoms with Gasteiger partial charge in [0.15, 0.2) is 6.10 Å². The van der Waals surface area contributed by atoms with Gasteiger partial charge < -0.3 is 15.5 Å². The van der Waals surface area contributed by atoms with Gasteiger partial charge in [-0.05, 0) is 24.7 Å². The number of hydrogen-bond donors (Lipinski definition) is 3. The first-order chi connectivity index (χ1) is 7.11. The molecule has 2 aliphatic rings. The standard InChI is InChI=1S/C10H15NO4/c12-7(10(14)15)4-11-9(13)8-5-2-1-3-6(5)8/h5-8,12H,1-4H2,(H,11,13)(H,14,15)/t5?,6?,7-,8?/m0/s1. The van der Waals surface area contributed by atoms with Crippen molar-refractivity contribution in [3.8, 4) is 0 Å². The van der Waals surface area contributed by atoms with E-state index < -0.39 is 12.1 Å². The summed E-state index contributed by atoms with van der Waals surface area (Å²) < 4.78 is 0. The molecule has 3 N–H and O–H groups in total. The molecule has 0 aliphatic heterocycles. The molecule has 2 rings (SSSR count). The molecule has 5 nitrogen and oxygen atoms in total. The minimum absolute atomic E-state index is 0.0831. The molecule has 84 valence electrons. The smallest absolute Gasteiger partial charge is 0.334 e. The second kappa shape index (κ2) is 3.81. The van der Waals surface area contributed by atoms with Crippen LogP contribution < -0.4 is 5.32 Å². The lowest BCUT2D eigenvalue weighted by atomic mass is 10.1. The van der Waals surface area contributed by atoms with Crippen molar-refractivity contribution < 1.29 is 19.8 Å². The summed E-state index contributed by atoms with van der Waals surface area (Å²) in [6, 6.07) is 0. The number of carbonyl (C=O) groups is 2. The van der Waals surface area contributed by atoms with Crippen LogP contribution in [0.1, 0.15) is 19.3 Å². The Morgan fingerprint density at radius 1 is 1.33 bits per heavy atom. The summed E-state index contributed by atoms with van der Waals surface area (Å²) >= 11 is 0. The largest absolute Gasteiger partial charge is 0.479 e. The molecule has 2 aliphatic carbocycles. The third kappa shape index (κ3) is 1.97. The Labute approximate surface area is 87.5 Å². The van der Waals surface area contributed by atoms with E-state index in [2.05, 4.69) is 5.32 Å². The van der Waals surface area contributed by atoms with Crippen molar-refractivity contribution in [1.29, 1.82) is 0 Å². The molecule has 0 aromatic heterocycles. The van der Waals surface area contributed by atoms with Gasteiger partial charge in [0.2, 0.25) is 5.91 Å². The minimum atomic E-state index is -1.49. The molecule has 0 saturated heterocycles. The Morgan fingerprint density at radius 2 is 1.93 bits per heavy atom. The summed E-state index contributed by atoms with van der Waals surface area (Å²) in [5, 5.41) is 19.9. The van der Waals surface area contributed by atoms with Crippen LogP contribution in [0.15, 0.2) is 0 Å². The maximum absolute atomic E-state index is 11.5. The molecule has 3 atom stereocenters. The van der Waals surface area contributed by atoms with E-state index in [0.717, 1.165) is 12.8 Å². The fourth-order valence-electron chi connectivity index (χ4n) is 2.61. The van der Waals surface area contributed by atoms with Gasteiger partial charge >= 0.3 is 5.97 Å². The Bertz CT molecular complexity index is 281. The first kappa shape index (κ1) is 10.4. The topological polar surface area (TPSA) is 86.6 Å².